The summed E-state index contributed by atoms with van der Waals surface area (Å²) in [5, 5.41) is 6.18. The highest BCUT2D eigenvalue weighted by atomic mass is 127. The summed E-state index contributed by atoms with van der Waals surface area (Å²) >= 11 is 2.03. The molecule has 8 heteroatoms. The smallest absolute Gasteiger partial charge is 0.259 e. The summed E-state index contributed by atoms with van der Waals surface area (Å²) in [5.74, 6) is 0.319. The van der Waals surface area contributed by atoms with Crippen molar-refractivity contribution in [2.24, 2.45) is 5.10 Å². The Balaban J connectivity index is 1.66. The molecule has 0 atom stereocenters. The maximum absolute atomic E-state index is 11.7. The van der Waals surface area contributed by atoms with Crippen LogP contribution in [0.1, 0.15) is 11.3 Å². The third-order valence-corrected chi connectivity index (χ3v) is 3.45. The van der Waals surface area contributed by atoms with Crippen LogP contribution in [0.4, 0.5) is 0 Å². The van der Waals surface area contributed by atoms with E-state index < -0.39 is 11.8 Å². The molecule has 0 saturated carbocycles. The fourth-order valence-corrected chi connectivity index (χ4v) is 2.13. The molecule has 1 aromatic carbocycles. The number of carbonyl (C=O) groups is 2. The number of carbonyl (C=O) groups excluding carboxylic acids is 2. The largest absolute Gasteiger partial charge is 0.484 e. The van der Waals surface area contributed by atoms with Gasteiger partial charge in [0.15, 0.2) is 10.4 Å². The molecular formula is C16H16IN3O4. The number of ether oxygens (including phenoxy) is 1. The molecule has 2 aromatic rings. The molecule has 2 N–H and O–H groups in total. The molecule has 0 fully saturated rings. The van der Waals surface area contributed by atoms with Crippen LogP contribution in [0.2, 0.25) is 0 Å². The van der Waals surface area contributed by atoms with E-state index in [0.29, 0.717) is 11.5 Å². The minimum absolute atomic E-state index is 0.160. The minimum Gasteiger partial charge on any atom is -0.484 e. The van der Waals surface area contributed by atoms with Gasteiger partial charge in [0.2, 0.25) is 0 Å². The van der Waals surface area contributed by atoms with Crippen LogP contribution < -0.4 is 15.5 Å². The van der Waals surface area contributed by atoms with Crippen LogP contribution >= 0.6 is 22.6 Å². The molecule has 0 aliphatic heterocycles. The Kier molecular flexibility index (Phi) is 6.79. The Hall–Kier alpha value is -2.36. The Morgan fingerprint density at radius 2 is 2.04 bits per heavy atom. The van der Waals surface area contributed by atoms with Crippen molar-refractivity contribution in [2.75, 3.05) is 13.2 Å². The average molecular weight is 441 g/mol. The first-order chi connectivity index (χ1) is 11.5. The van der Waals surface area contributed by atoms with Crippen LogP contribution in [0.25, 0.3) is 0 Å². The topological polar surface area (TPSA) is 92.9 Å². The SMILES string of the molecule is Cc1ccccc1OCC(=O)NCC(=O)NN=Cc1ccc(I)o1. The molecule has 0 bridgehead atoms. The van der Waals surface area contributed by atoms with Gasteiger partial charge in [-0.2, -0.15) is 5.10 Å². The highest BCUT2D eigenvalue weighted by Crippen LogP contribution is 2.15. The quantitative estimate of drug-likeness (QED) is 0.390. The predicted molar refractivity (Wildman–Crippen MR) is 96.8 cm³/mol. The number of nitrogens with one attached hydrogen (secondary N) is 2. The van der Waals surface area contributed by atoms with Crippen LogP contribution in [-0.2, 0) is 9.59 Å². The van der Waals surface area contributed by atoms with E-state index in [1.165, 1.54) is 6.21 Å². The maximum Gasteiger partial charge on any atom is 0.259 e. The van der Waals surface area contributed by atoms with Gasteiger partial charge in [0.05, 0.1) is 12.8 Å². The third-order valence-electron chi connectivity index (χ3n) is 2.87. The van der Waals surface area contributed by atoms with Crippen LogP contribution in [-0.4, -0.2) is 31.2 Å². The maximum atomic E-state index is 11.7. The van der Waals surface area contributed by atoms with E-state index in [2.05, 4.69) is 15.8 Å². The number of para-hydroxylation sites is 1. The number of hydrazone groups is 1. The van der Waals surface area contributed by atoms with E-state index in [1.54, 1.807) is 18.2 Å². The monoisotopic (exact) mass is 441 g/mol. The number of furan rings is 1. The van der Waals surface area contributed by atoms with Gasteiger partial charge in [-0.15, -0.1) is 0 Å². The Morgan fingerprint density at radius 1 is 1.25 bits per heavy atom. The van der Waals surface area contributed by atoms with Crippen molar-refractivity contribution < 1.29 is 18.7 Å². The lowest BCUT2D eigenvalue weighted by atomic mass is 10.2. The molecule has 1 heterocycles. The van der Waals surface area contributed by atoms with E-state index in [4.69, 9.17) is 9.15 Å². The van der Waals surface area contributed by atoms with Crippen LogP contribution in [0.15, 0.2) is 45.9 Å². The lowest BCUT2D eigenvalue weighted by Gasteiger charge is -2.08. The number of nitrogens with zero attached hydrogens (tertiary/aromatic N) is 1. The molecular weight excluding hydrogens is 425 g/mol. The van der Waals surface area contributed by atoms with Gasteiger partial charge in [0.1, 0.15) is 11.5 Å². The van der Waals surface area contributed by atoms with Crippen molar-refractivity contribution in [1.82, 2.24) is 10.7 Å². The molecule has 0 unspecified atom stereocenters. The van der Waals surface area contributed by atoms with E-state index in [0.717, 1.165) is 9.33 Å². The lowest BCUT2D eigenvalue weighted by Crippen LogP contribution is -2.37. The Bertz CT molecular complexity index is 742. The zero-order chi connectivity index (χ0) is 17.4. The van der Waals surface area contributed by atoms with Gasteiger partial charge in [0.25, 0.3) is 11.8 Å². The predicted octanol–water partition coefficient (Wildman–Crippen LogP) is 1.84. The Morgan fingerprint density at radius 3 is 2.75 bits per heavy atom. The van der Waals surface area contributed by atoms with E-state index in [9.17, 15) is 9.59 Å². The van der Waals surface area contributed by atoms with Crippen molar-refractivity contribution >= 4 is 40.6 Å². The van der Waals surface area contributed by atoms with Gasteiger partial charge in [-0.05, 0) is 53.3 Å². The van der Waals surface area contributed by atoms with Gasteiger partial charge >= 0.3 is 0 Å². The number of hydrogen-bond acceptors (Lipinski definition) is 5. The van der Waals surface area contributed by atoms with Gasteiger partial charge in [-0.3, -0.25) is 9.59 Å². The van der Waals surface area contributed by atoms with Crippen molar-refractivity contribution in [1.29, 1.82) is 0 Å². The molecule has 0 saturated heterocycles. The molecule has 2 amide bonds. The zero-order valence-electron chi connectivity index (χ0n) is 12.9. The summed E-state index contributed by atoms with van der Waals surface area (Å²) in [6.07, 6.45) is 1.38. The highest BCUT2D eigenvalue weighted by molar-refractivity contribution is 14.1. The molecule has 1 aromatic heterocycles. The second-order valence-electron chi connectivity index (χ2n) is 4.77. The number of amides is 2. The van der Waals surface area contributed by atoms with Gasteiger partial charge in [-0.1, -0.05) is 18.2 Å². The van der Waals surface area contributed by atoms with Gasteiger partial charge < -0.3 is 14.5 Å². The summed E-state index contributed by atoms with van der Waals surface area (Å²) in [7, 11) is 0. The standard InChI is InChI=1S/C16H16IN3O4/c1-11-4-2-3-5-13(11)23-10-16(22)18-9-15(21)20-19-8-12-6-7-14(17)24-12/h2-8H,9-10H2,1H3,(H,18,22)(H,20,21). The number of halogens is 1. The summed E-state index contributed by atoms with van der Waals surface area (Å²) in [6, 6.07) is 10.9. The van der Waals surface area contributed by atoms with Crippen LogP contribution in [0.3, 0.4) is 0 Å². The van der Waals surface area contributed by atoms with E-state index in [-0.39, 0.29) is 13.2 Å². The number of rotatable bonds is 7. The third kappa shape index (κ3) is 6.03. The summed E-state index contributed by atoms with van der Waals surface area (Å²) in [6.45, 7) is 1.54. The number of hydrogen-bond donors (Lipinski definition) is 2. The fraction of sp³-hybridized carbons (Fsp3) is 0.188. The second kappa shape index (κ2) is 9.06. The molecule has 0 spiro atoms. The van der Waals surface area contributed by atoms with Crippen molar-refractivity contribution in [3.05, 3.63) is 51.5 Å². The second-order valence-corrected chi connectivity index (χ2v) is 5.83. The van der Waals surface area contributed by atoms with E-state index in [1.807, 2.05) is 47.7 Å². The van der Waals surface area contributed by atoms with Crippen molar-refractivity contribution in [3.8, 4) is 5.75 Å². The highest BCUT2D eigenvalue weighted by Gasteiger charge is 2.06. The molecule has 24 heavy (non-hydrogen) atoms. The fourth-order valence-electron chi connectivity index (χ4n) is 1.70. The molecule has 7 nitrogen and oxygen atoms in total. The normalized spacial score (nSPS) is 10.6. The summed E-state index contributed by atoms with van der Waals surface area (Å²) in [4.78, 5) is 23.2. The van der Waals surface area contributed by atoms with Crippen LogP contribution in [0.5, 0.6) is 5.75 Å². The summed E-state index contributed by atoms with van der Waals surface area (Å²) in [5.41, 5.74) is 3.23. The Labute approximate surface area is 152 Å². The number of benzene rings is 1. The van der Waals surface area contributed by atoms with Gasteiger partial charge in [0, 0.05) is 0 Å². The van der Waals surface area contributed by atoms with Crippen LogP contribution in [0, 0.1) is 10.7 Å². The molecule has 126 valence electrons. The summed E-state index contributed by atoms with van der Waals surface area (Å²) < 4.78 is 11.4. The minimum atomic E-state index is -0.447. The first-order valence-corrected chi connectivity index (χ1v) is 8.15. The van der Waals surface area contributed by atoms with Gasteiger partial charge in [-0.25, -0.2) is 5.43 Å². The number of aryl methyl sites for hydroxylation is 1. The molecule has 0 aliphatic rings. The van der Waals surface area contributed by atoms with E-state index >= 15 is 0 Å². The average Bonchev–Trinajstić information content (AvgIpc) is 2.97. The zero-order valence-corrected chi connectivity index (χ0v) is 15.1. The molecule has 0 aliphatic carbocycles. The lowest BCUT2D eigenvalue weighted by molar-refractivity contribution is -0.127. The first kappa shape index (κ1) is 18.0. The molecule has 0 radical (unpaired) electrons. The van der Waals surface area contributed by atoms with Crippen molar-refractivity contribution in [2.45, 2.75) is 6.92 Å². The first-order valence-electron chi connectivity index (χ1n) is 7.07. The van der Waals surface area contributed by atoms with Crippen molar-refractivity contribution in [3.63, 3.8) is 0 Å². The molecule has 2 rings (SSSR count).